The van der Waals surface area contributed by atoms with Crippen LogP contribution >= 0.6 is 11.3 Å². The zero-order valence-corrected chi connectivity index (χ0v) is 16.2. The van der Waals surface area contributed by atoms with Crippen LogP contribution in [0.15, 0.2) is 23.4 Å². The number of rotatable bonds is 5. The van der Waals surface area contributed by atoms with Gasteiger partial charge in [0.05, 0.1) is 0 Å². The molecule has 1 amide bonds. The Labute approximate surface area is 154 Å². The van der Waals surface area contributed by atoms with Gasteiger partial charge < -0.3 is 9.64 Å². The molecule has 2 rings (SSSR count). The van der Waals surface area contributed by atoms with Gasteiger partial charge in [-0.15, -0.1) is 5.10 Å². The van der Waals surface area contributed by atoms with E-state index < -0.39 is 17.8 Å². The highest BCUT2D eigenvalue weighted by Gasteiger charge is 2.36. The van der Waals surface area contributed by atoms with Crippen molar-refractivity contribution in [3.05, 3.63) is 28.4 Å². The van der Waals surface area contributed by atoms with Crippen LogP contribution in [0, 0.1) is 5.41 Å². The lowest BCUT2D eigenvalue weighted by Gasteiger charge is -2.34. The third-order valence-electron chi connectivity index (χ3n) is 3.70. The minimum Gasteiger partial charge on any atom is -0.459 e. The molecule has 5 nitrogen and oxygen atoms in total. The smallest absolute Gasteiger partial charge is 0.445 e. The summed E-state index contributed by atoms with van der Waals surface area (Å²) in [5.41, 5.74) is 1.85. The number of allylic oxidation sites excluding steroid dienone is 3. The average molecular weight is 389 g/mol. The van der Waals surface area contributed by atoms with Crippen LogP contribution in [0.25, 0.3) is 0 Å². The predicted octanol–water partition coefficient (Wildman–Crippen LogP) is 4.43. The molecule has 0 saturated carbocycles. The van der Waals surface area contributed by atoms with Gasteiger partial charge >= 0.3 is 6.18 Å². The zero-order valence-electron chi connectivity index (χ0n) is 15.3. The number of amides is 1. The average Bonchev–Trinajstić information content (AvgIpc) is 2.91. The highest BCUT2D eigenvalue weighted by atomic mass is 32.1. The summed E-state index contributed by atoms with van der Waals surface area (Å²) in [5, 5.41) is 4.99. The zero-order chi connectivity index (χ0) is 19.7. The van der Waals surface area contributed by atoms with Crippen LogP contribution in [-0.2, 0) is 11.0 Å². The molecule has 0 N–H and O–H groups in total. The van der Waals surface area contributed by atoms with E-state index in [1.807, 2.05) is 32.9 Å². The van der Waals surface area contributed by atoms with Crippen molar-refractivity contribution in [3.63, 3.8) is 0 Å². The van der Waals surface area contributed by atoms with Crippen molar-refractivity contribution < 1.29 is 22.7 Å². The van der Waals surface area contributed by atoms with Gasteiger partial charge in [0, 0.05) is 11.7 Å². The second-order valence-electron chi connectivity index (χ2n) is 7.24. The molecule has 9 heteroatoms. The second kappa shape index (κ2) is 7.38. The molecule has 0 unspecified atom stereocenters. The Bertz CT molecular complexity index is 736. The number of halogens is 3. The van der Waals surface area contributed by atoms with Gasteiger partial charge in [0.15, 0.2) is 6.61 Å². The number of hydrogen-bond acceptors (Lipinski definition) is 5. The fourth-order valence-electron chi connectivity index (χ4n) is 2.96. The van der Waals surface area contributed by atoms with Gasteiger partial charge in [-0.1, -0.05) is 41.9 Å². The maximum absolute atomic E-state index is 12.6. The summed E-state index contributed by atoms with van der Waals surface area (Å²) in [6.45, 7) is 9.52. The Balaban J connectivity index is 2.12. The Kier molecular flexibility index (Phi) is 5.79. The monoisotopic (exact) mass is 389 g/mol. The van der Waals surface area contributed by atoms with Gasteiger partial charge in [0.1, 0.15) is 0 Å². The molecule has 1 aliphatic carbocycles. The van der Waals surface area contributed by atoms with Gasteiger partial charge in [-0.3, -0.25) is 4.79 Å². The van der Waals surface area contributed by atoms with Crippen LogP contribution < -0.4 is 4.74 Å². The van der Waals surface area contributed by atoms with Crippen molar-refractivity contribution in [2.24, 2.45) is 5.41 Å². The molecule has 1 aromatic rings. The first-order valence-corrected chi connectivity index (χ1v) is 8.96. The molecule has 1 aromatic heterocycles. The van der Waals surface area contributed by atoms with Crippen LogP contribution in [0.3, 0.4) is 0 Å². The lowest BCUT2D eigenvalue weighted by Crippen LogP contribution is -2.40. The standard InChI is InChI=1S/C17H22F3N3O2S/c1-10(2)23(12-6-11(3)7-16(4,5)8-12)13(24)9-25-15-22-21-14(26-15)17(18,19)20/h6,8,10H,7,9H2,1-5H3. The first-order chi connectivity index (χ1) is 11.9. The summed E-state index contributed by atoms with van der Waals surface area (Å²) < 4.78 is 42.8. The molecule has 0 atom stereocenters. The molecule has 0 bridgehead atoms. The van der Waals surface area contributed by atoms with E-state index in [2.05, 4.69) is 24.0 Å². The number of aromatic nitrogens is 2. The number of carbonyl (C=O) groups is 1. The molecule has 0 saturated heterocycles. The summed E-state index contributed by atoms with van der Waals surface area (Å²) in [4.78, 5) is 14.2. The fourth-order valence-corrected chi connectivity index (χ4v) is 3.52. The molecule has 0 radical (unpaired) electrons. The Morgan fingerprint density at radius 2 is 2.04 bits per heavy atom. The van der Waals surface area contributed by atoms with Crippen molar-refractivity contribution in [3.8, 4) is 5.19 Å². The number of alkyl halides is 3. The van der Waals surface area contributed by atoms with Gasteiger partial charge in [-0.2, -0.15) is 13.2 Å². The van der Waals surface area contributed by atoms with Crippen LogP contribution in [0.2, 0.25) is 0 Å². The lowest BCUT2D eigenvalue weighted by atomic mass is 9.81. The van der Waals surface area contributed by atoms with Crippen molar-refractivity contribution in [2.75, 3.05) is 6.61 Å². The molecule has 1 heterocycles. The van der Waals surface area contributed by atoms with Crippen molar-refractivity contribution in [2.45, 2.75) is 53.3 Å². The Hall–Kier alpha value is -1.90. The van der Waals surface area contributed by atoms with Crippen molar-refractivity contribution >= 4 is 17.2 Å². The number of nitrogens with zero attached hydrogens (tertiary/aromatic N) is 3. The molecule has 0 aliphatic heterocycles. The van der Waals surface area contributed by atoms with E-state index in [1.165, 1.54) is 0 Å². The molecular weight excluding hydrogens is 367 g/mol. The normalized spacial score (nSPS) is 17.0. The maximum Gasteiger partial charge on any atom is 0.445 e. The van der Waals surface area contributed by atoms with Gasteiger partial charge in [-0.05, 0) is 38.7 Å². The molecule has 1 aliphatic rings. The van der Waals surface area contributed by atoms with Crippen molar-refractivity contribution in [1.29, 1.82) is 0 Å². The summed E-state index contributed by atoms with van der Waals surface area (Å²) in [6.07, 6.45) is 0.312. The van der Waals surface area contributed by atoms with Crippen LogP contribution in [0.4, 0.5) is 13.2 Å². The van der Waals surface area contributed by atoms with E-state index in [0.717, 1.165) is 17.7 Å². The number of ether oxygens (including phenoxy) is 1. The van der Waals surface area contributed by atoms with Crippen LogP contribution in [0.1, 0.15) is 46.0 Å². The van der Waals surface area contributed by atoms with Gasteiger partial charge in [-0.25, -0.2) is 0 Å². The van der Waals surface area contributed by atoms with E-state index >= 15 is 0 Å². The number of hydrogen-bond donors (Lipinski definition) is 0. The Morgan fingerprint density at radius 3 is 2.54 bits per heavy atom. The summed E-state index contributed by atoms with van der Waals surface area (Å²) >= 11 is 0.271. The first kappa shape index (κ1) is 20.4. The minimum absolute atomic E-state index is 0.0801. The first-order valence-electron chi connectivity index (χ1n) is 8.14. The topological polar surface area (TPSA) is 55.3 Å². The SMILES string of the molecule is CC1=CC(N(C(=O)COc2nnc(C(F)(F)F)s2)C(C)C)=CC(C)(C)C1. The third-order valence-corrected chi connectivity index (χ3v) is 4.58. The highest BCUT2D eigenvalue weighted by Crippen LogP contribution is 2.35. The quantitative estimate of drug-likeness (QED) is 0.747. The van der Waals surface area contributed by atoms with Crippen molar-refractivity contribution in [1.82, 2.24) is 15.1 Å². The molecule has 0 fully saturated rings. The maximum atomic E-state index is 12.6. The molecule has 26 heavy (non-hydrogen) atoms. The summed E-state index contributed by atoms with van der Waals surface area (Å²) in [6, 6.07) is -0.129. The highest BCUT2D eigenvalue weighted by molar-refractivity contribution is 7.13. The van der Waals surface area contributed by atoms with E-state index in [4.69, 9.17) is 4.74 Å². The minimum atomic E-state index is -4.58. The summed E-state index contributed by atoms with van der Waals surface area (Å²) in [7, 11) is 0. The molecule has 0 spiro atoms. The van der Waals surface area contributed by atoms with Crippen LogP contribution in [0.5, 0.6) is 5.19 Å². The largest absolute Gasteiger partial charge is 0.459 e. The summed E-state index contributed by atoms with van der Waals surface area (Å²) in [5.74, 6) is -0.350. The van der Waals surface area contributed by atoms with E-state index in [0.29, 0.717) is 0 Å². The predicted molar refractivity (Wildman–Crippen MR) is 92.6 cm³/mol. The molecule has 144 valence electrons. The molecule has 0 aromatic carbocycles. The van der Waals surface area contributed by atoms with E-state index in [9.17, 15) is 18.0 Å². The van der Waals surface area contributed by atoms with Gasteiger partial charge in [0.25, 0.3) is 11.1 Å². The van der Waals surface area contributed by atoms with E-state index in [-0.39, 0.29) is 33.9 Å². The second-order valence-corrected chi connectivity index (χ2v) is 8.18. The van der Waals surface area contributed by atoms with Crippen LogP contribution in [-0.4, -0.2) is 33.7 Å². The fraction of sp³-hybridized carbons (Fsp3) is 0.588. The molecular formula is C17H22F3N3O2S. The van der Waals surface area contributed by atoms with E-state index in [1.54, 1.807) is 4.90 Å². The van der Waals surface area contributed by atoms with Gasteiger partial charge in [0.2, 0.25) is 5.01 Å². The lowest BCUT2D eigenvalue weighted by molar-refractivity contribution is -0.138. The number of carbonyl (C=O) groups excluding carboxylic acids is 1. The Morgan fingerprint density at radius 1 is 1.38 bits per heavy atom. The third kappa shape index (κ3) is 5.06.